The number of alkyl halides is 1. The number of aliphatic hydroxyl groups excluding tert-OH is 1. The summed E-state index contributed by atoms with van der Waals surface area (Å²) in [6.45, 7) is 2.26. The molecule has 2 heterocycles. The molecule has 0 aliphatic heterocycles. The second-order valence-corrected chi connectivity index (χ2v) is 7.21. The van der Waals surface area contributed by atoms with Gasteiger partial charge in [-0.25, -0.2) is 9.37 Å². The van der Waals surface area contributed by atoms with Crippen LogP contribution in [-0.2, 0) is 0 Å². The van der Waals surface area contributed by atoms with Crippen LogP contribution in [0, 0.1) is 11.8 Å². The van der Waals surface area contributed by atoms with Gasteiger partial charge in [-0.15, -0.1) is 0 Å². The molecule has 2 aromatic rings. The monoisotopic (exact) mass is 302 g/mol. The highest BCUT2D eigenvalue weighted by atomic mass is 19.1. The van der Waals surface area contributed by atoms with Crippen molar-refractivity contribution < 1.29 is 9.50 Å². The van der Waals surface area contributed by atoms with Gasteiger partial charge in [0.15, 0.2) is 0 Å². The molecule has 5 atom stereocenters. The van der Waals surface area contributed by atoms with E-state index >= 15 is 0 Å². The quantitative estimate of drug-likeness (QED) is 0.930. The van der Waals surface area contributed by atoms with E-state index in [0.29, 0.717) is 12.3 Å². The van der Waals surface area contributed by atoms with Crippen LogP contribution in [-0.4, -0.2) is 20.7 Å². The topological polar surface area (TPSA) is 37.5 Å². The number of pyridine rings is 1. The predicted molar refractivity (Wildman–Crippen MR) is 83.5 cm³/mol. The highest BCUT2D eigenvalue weighted by Gasteiger charge is 2.42. The Morgan fingerprint density at radius 3 is 2.91 bits per heavy atom. The first-order valence-electron chi connectivity index (χ1n) is 8.41. The first-order chi connectivity index (χ1) is 10.6. The van der Waals surface area contributed by atoms with Crippen molar-refractivity contribution in [1.29, 1.82) is 0 Å². The maximum Gasteiger partial charge on any atom is 0.108 e. The Morgan fingerprint density at radius 1 is 1.36 bits per heavy atom. The molecule has 0 bridgehead atoms. The van der Waals surface area contributed by atoms with E-state index in [1.807, 2.05) is 16.7 Å². The second-order valence-electron chi connectivity index (χ2n) is 7.21. The molecule has 0 radical (unpaired) electrons. The van der Waals surface area contributed by atoms with Crippen LogP contribution in [0.4, 0.5) is 4.39 Å². The van der Waals surface area contributed by atoms with Crippen LogP contribution in [0.5, 0.6) is 0 Å². The smallest absolute Gasteiger partial charge is 0.108 e. The molecule has 1 N–H and O–H groups in total. The van der Waals surface area contributed by atoms with Crippen molar-refractivity contribution in [3.8, 4) is 0 Å². The zero-order valence-corrected chi connectivity index (χ0v) is 13.0. The molecule has 4 rings (SSSR count). The summed E-state index contributed by atoms with van der Waals surface area (Å²) in [6.07, 6.45) is 9.35. The minimum absolute atomic E-state index is 0.0365. The highest BCUT2D eigenvalue weighted by molar-refractivity contribution is 5.59. The fraction of sp³-hybridized carbons (Fsp3) is 0.611. The number of halogens is 1. The van der Waals surface area contributed by atoms with Crippen LogP contribution in [0.2, 0.25) is 0 Å². The minimum Gasteiger partial charge on any atom is -0.388 e. The van der Waals surface area contributed by atoms with E-state index in [-0.39, 0.29) is 11.8 Å². The molecular weight excluding hydrogens is 279 g/mol. The Hall–Kier alpha value is -1.42. The molecule has 0 spiro atoms. The second kappa shape index (κ2) is 5.34. The average Bonchev–Trinajstić information content (AvgIpc) is 3.05. The van der Waals surface area contributed by atoms with Gasteiger partial charge in [0.25, 0.3) is 0 Å². The molecule has 2 aliphatic rings. The molecule has 2 aromatic heterocycles. The maximum atomic E-state index is 13.6. The van der Waals surface area contributed by atoms with E-state index in [9.17, 15) is 9.50 Å². The maximum absolute atomic E-state index is 13.6. The molecule has 3 unspecified atom stereocenters. The molecule has 0 saturated heterocycles. The Balaban J connectivity index is 1.76. The lowest BCUT2D eigenvalue weighted by Crippen LogP contribution is -2.21. The van der Waals surface area contributed by atoms with Crippen LogP contribution in [0.1, 0.15) is 62.2 Å². The number of aliphatic hydroxyl groups is 1. The summed E-state index contributed by atoms with van der Waals surface area (Å²) >= 11 is 0. The predicted octanol–water partition coefficient (Wildman–Crippen LogP) is 4.02. The summed E-state index contributed by atoms with van der Waals surface area (Å²) in [5.74, 6) is 0.905. The van der Waals surface area contributed by atoms with Gasteiger partial charge in [0.1, 0.15) is 6.17 Å². The molecule has 22 heavy (non-hydrogen) atoms. The van der Waals surface area contributed by atoms with Gasteiger partial charge in [-0.1, -0.05) is 19.8 Å². The Morgan fingerprint density at radius 2 is 2.18 bits per heavy atom. The van der Waals surface area contributed by atoms with Gasteiger partial charge < -0.3 is 9.51 Å². The molecular formula is C18H23FN2O. The zero-order chi connectivity index (χ0) is 15.3. The summed E-state index contributed by atoms with van der Waals surface area (Å²) in [5.41, 5.74) is 2.85. The van der Waals surface area contributed by atoms with Gasteiger partial charge in [-0.05, 0) is 42.7 Å². The minimum atomic E-state index is -0.749. The van der Waals surface area contributed by atoms with Crippen molar-refractivity contribution in [3.05, 3.63) is 35.9 Å². The third kappa shape index (κ3) is 2.34. The van der Waals surface area contributed by atoms with Crippen LogP contribution < -0.4 is 0 Å². The Bertz CT molecular complexity index is 683. The Kier molecular flexibility index (Phi) is 3.44. The van der Waals surface area contributed by atoms with E-state index in [1.165, 1.54) is 12.8 Å². The number of imidazole rings is 1. The molecule has 4 heteroatoms. The van der Waals surface area contributed by atoms with Crippen LogP contribution in [0.25, 0.3) is 5.52 Å². The zero-order valence-electron chi connectivity index (χ0n) is 13.0. The van der Waals surface area contributed by atoms with Gasteiger partial charge in [-0.2, -0.15) is 0 Å². The molecule has 2 fully saturated rings. The lowest BCUT2D eigenvalue weighted by Gasteiger charge is -2.31. The molecule has 0 aromatic carbocycles. The number of hydrogen-bond acceptors (Lipinski definition) is 2. The first-order valence-corrected chi connectivity index (χ1v) is 8.41. The molecule has 2 saturated carbocycles. The molecule has 3 nitrogen and oxygen atoms in total. The fourth-order valence-corrected chi connectivity index (χ4v) is 4.17. The molecule has 118 valence electrons. The number of aromatic nitrogens is 2. The first kappa shape index (κ1) is 14.2. The number of rotatable bonds is 3. The van der Waals surface area contributed by atoms with Crippen molar-refractivity contribution in [2.45, 2.75) is 57.2 Å². The average molecular weight is 302 g/mol. The number of fused-ring (bicyclic) bond motifs is 1. The largest absolute Gasteiger partial charge is 0.388 e. The third-order valence-corrected chi connectivity index (χ3v) is 5.50. The van der Waals surface area contributed by atoms with Crippen molar-refractivity contribution >= 4 is 5.52 Å². The van der Waals surface area contributed by atoms with Crippen molar-refractivity contribution in [2.75, 3.05) is 0 Å². The lowest BCUT2D eigenvalue weighted by molar-refractivity contribution is 0.0715. The normalized spacial score (nSPS) is 33.0. The lowest BCUT2D eigenvalue weighted by atomic mass is 9.77. The van der Waals surface area contributed by atoms with E-state index in [0.717, 1.165) is 29.5 Å². The van der Waals surface area contributed by atoms with Gasteiger partial charge in [0.2, 0.25) is 0 Å². The molecule has 0 amide bonds. The number of hydrogen-bond donors (Lipinski definition) is 1. The summed E-state index contributed by atoms with van der Waals surface area (Å²) in [5, 5.41) is 11.1. The number of nitrogens with zero attached hydrogens (tertiary/aromatic N) is 2. The van der Waals surface area contributed by atoms with Crippen LogP contribution in [0.15, 0.2) is 24.8 Å². The Labute approximate surface area is 130 Å². The van der Waals surface area contributed by atoms with Gasteiger partial charge in [-0.3, -0.25) is 0 Å². The third-order valence-electron chi connectivity index (χ3n) is 5.50. The van der Waals surface area contributed by atoms with E-state index < -0.39 is 12.3 Å². The van der Waals surface area contributed by atoms with Crippen LogP contribution in [0.3, 0.4) is 0 Å². The van der Waals surface area contributed by atoms with Crippen molar-refractivity contribution in [3.63, 3.8) is 0 Å². The summed E-state index contributed by atoms with van der Waals surface area (Å²) in [4.78, 5) is 4.20. The van der Waals surface area contributed by atoms with Gasteiger partial charge >= 0.3 is 0 Å². The van der Waals surface area contributed by atoms with Gasteiger partial charge in [0.05, 0.1) is 24.1 Å². The van der Waals surface area contributed by atoms with Crippen molar-refractivity contribution in [2.24, 2.45) is 11.8 Å². The summed E-state index contributed by atoms with van der Waals surface area (Å²) < 4.78 is 15.6. The molecule has 2 aliphatic carbocycles. The highest BCUT2D eigenvalue weighted by Crippen LogP contribution is 2.48. The summed E-state index contributed by atoms with van der Waals surface area (Å²) in [7, 11) is 0. The van der Waals surface area contributed by atoms with Crippen LogP contribution >= 0.6 is 0 Å². The summed E-state index contributed by atoms with van der Waals surface area (Å²) in [6, 6.07) is 1.98. The fourth-order valence-electron chi connectivity index (χ4n) is 4.17. The van der Waals surface area contributed by atoms with E-state index in [2.05, 4.69) is 11.9 Å². The van der Waals surface area contributed by atoms with Crippen molar-refractivity contribution in [1.82, 2.24) is 9.38 Å². The standard InChI is InChI=1S/C18H23FN2O/c1-11-3-2-4-12(7-11)18(22)17-13(14-8-15(14)19)5-6-21-10-20-9-16(17)21/h5-6,9-12,14-15,18,22H,2-4,7-8H2,1H3/t11?,12?,14-,15-,18?/m1/s1. The SMILES string of the molecule is CC1CCCC(C(O)c2c([C@H]3C[C@H]3F)ccn3cncc23)C1. The van der Waals surface area contributed by atoms with E-state index in [1.54, 1.807) is 12.5 Å². The van der Waals surface area contributed by atoms with E-state index in [4.69, 9.17) is 0 Å². The van der Waals surface area contributed by atoms with Gasteiger partial charge in [0, 0.05) is 17.7 Å².